The fourth-order valence-corrected chi connectivity index (χ4v) is 1.60. The van der Waals surface area contributed by atoms with Gasteiger partial charge in [-0.25, -0.2) is 0 Å². The molecular weight excluding hydrogens is 277 g/mol. The summed E-state index contributed by atoms with van der Waals surface area (Å²) in [7, 11) is 0. The minimum atomic E-state index is -4.59. The monoisotopic (exact) mass is 286 g/mol. The number of hydrogen-bond acceptors (Lipinski definition) is 4. The van der Waals surface area contributed by atoms with Crippen LogP contribution in [0.25, 0.3) is 11.3 Å². The van der Waals surface area contributed by atoms with Crippen molar-refractivity contribution in [2.24, 2.45) is 10.9 Å². The third kappa shape index (κ3) is 2.68. The molecule has 5 nitrogen and oxygen atoms in total. The van der Waals surface area contributed by atoms with Crippen molar-refractivity contribution in [1.82, 2.24) is 0 Å². The van der Waals surface area contributed by atoms with E-state index in [4.69, 9.17) is 15.4 Å². The van der Waals surface area contributed by atoms with Gasteiger partial charge >= 0.3 is 6.18 Å². The Balaban J connectivity index is 2.48. The number of furan rings is 1. The largest absolute Gasteiger partial charge is 0.508 e. The molecule has 1 aromatic heterocycles. The van der Waals surface area contributed by atoms with Crippen LogP contribution in [0.15, 0.2) is 39.9 Å². The van der Waals surface area contributed by atoms with Gasteiger partial charge in [0.1, 0.15) is 11.5 Å². The summed E-state index contributed by atoms with van der Waals surface area (Å²) in [6.45, 7) is 0. The fourth-order valence-electron chi connectivity index (χ4n) is 1.60. The van der Waals surface area contributed by atoms with Crippen LogP contribution < -0.4 is 5.73 Å². The van der Waals surface area contributed by atoms with E-state index in [1.807, 2.05) is 0 Å². The number of hydrogen-bond donors (Lipinski definition) is 3. The maximum Gasteiger partial charge on any atom is 0.416 e. The highest BCUT2D eigenvalue weighted by atomic mass is 19.4. The average Bonchev–Trinajstić information content (AvgIpc) is 2.85. The highest BCUT2D eigenvalue weighted by molar-refractivity contribution is 5.94. The molecule has 0 bridgehead atoms. The van der Waals surface area contributed by atoms with E-state index < -0.39 is 17.5 Å². The number of rotatable bonds is 2. The molecule has 0 aliphatic carbocycles. The lowest BCUT2D eigenvalue weighted by Gasteiger charge is -2.08. The van der Waals surface area contributed by atoms with E-state index in [0.717, 1.165) is 12.1 Å². The maximum absolute atomic E-state index is 12.6. The van der Waals surface area contributed by atoms with Crippen molar-refractivity contribution >= 4 is 5.84 Å². The molecule has 2 rings (SSSR count). The van der Waals surface area contributed by atoms with E-state index >= 15 is 0 Å². The van der Waals surface area contributed by atoms with E-state index in [1.54, 1.807) is 0 Å². The molecular formula is C12H9F3N2O3. The number of aromatic hydroxyl groups is 1. The van der Waals surface area contributed by atoms with Gasteiger partial charge in [0.25, 0.3) is 0 Å². The highest BCUT2D eigenvalue weighted by Gasteiger charge is 2.31. The second-order valence-electron chi connectivity index (χ2n) is 3.92. The molecule has 2 aromatic rings. The Hall–Kier alpha value is -2.64. The standard InChI is InChI=1S/C12H9F3N2O3/c13-12(14,15)7-3-6(4-8(18)5-7)9-1-2-10(20-9)11(16)17-19/h1-5,18-19H,(H2,16,17). The molecule has 0 saturated heterocycles. The first-order chi connectivity index (χ1) is 9.31. The maximum atomic E-state index is 12.6. The number of oxime groups is 1. The first-order valence-corrected chi connectivity index (χ1v) is 5.30. The van der Waals surface area contributed by atoms with E-state index in [2.05, 4.69) is 5.16 Å². The molecule has 0 saturated carbocycles. The molecule has 0 radical (unpaired) electrons. The molecule has 0 unspecified atom stereocenters. The number of phenols is 1. The van der Waals surface area contributed by atoms with Crippen molar-refractivity contribution in [2.45, 2.75) is 6.18 Å². The molecule has 106 valence electrons. The molecule has 1 heterocycles. The zero-order valence-electron chi connectivity index (χ0n) is 9.85. The molecule has 0 atom stereocenters. The van der Waals surface area contributed by atoms with Crippen LogP contribution >= 0.6 is 0 Å². The average molecular weight is 286 g/mol. The number of alkyl halides is 3. The van der Waals surface area contributed by atoms with Gasteiger partial charge in [0.15, 0.2) is 5.76 Å². The molecule has 4 N–H and O–H groups in total. The minimum Gasteiger partial charge on any atom is -0.508 e. The van der Waals surface area contributed by atoms with Gasteiger partial charge in [-0.1, -0.05) is 5.16 Å². The normalized spacial score (nSPS) is 12.7. The van der Waals surface area contributed by atoms with Gasteiger partial charge in [-0.3, -0.25) is 0 Å². The van der Waals surface area contributed by atoms with Crippen LogP contribution in [-0.2, 0) is 6.18 Å². The summed E-state index contributed by atoms with van der Waals surface area (Å²) in [5, 5.41) is 20.5. The van der Waals surface area contributed by atoms with Crippen molar-refractivity contribution < 1.29 is 27.9 Å². The number of phenolic OH excluding ortho intramolecular Hbond substituents is 1. The minimum absolute atomic E-state index is 0.000554. The molecule has 0 spiro atoms. The number of nitrogens with two attached hydrogens (primary N) is 1. The lowest BCUT2D eigenvalue weighted by atomic mass is 10.1. The van der Waals surface area contributed by atoms with Gasteiger partial charge < -0.3 is 20.5 Å². The third-order valence-corrected chi connectivity index (χ3v) is 2.50. The summed E-state index contributed by atoms with van der Waals surface area (Å²) in [6.07, 6.45) is -4.59. The Labute approximate surface area is 110 Å². The number of amidine groups is 1. The Bertz CT molecular complexity index is 662. The van der Waals surface area contributed by atoms with Crippen molar-refractivity contribution in [3.8, 4) is 17.1 Å². The van der Waals surface area contributed by atoms with Crippen LogP contribution in [0.4, 0.5) is 13.2 Å². The van der Waals surface area contributed by atoms with Crippen LogP contribution in [0.2, 0.25) is 0 Å². The van der Waals surface area contributed by atoms with E-state index in [9.17, 15) is 18.3 Å². The highest BCUT2D eigenvalue weighted by Crippen LogP contribution is 2.35. The summed E-state index contributed by atoms with van der Waals surface area (Å²) in [5.41, 5.74) is 4.31. The summed E-state index contributed by atoms with van der Waals surface area (Å²) in [4.78, 5) is 0. The quantitative estimate of drug-likeness (QED) is 0.342. The molecule has 0 aliphatic rings. The van der Waals surface area contributed by atoms with E-state index in [1.165, 1.54) is 12.1 Å². The van der Waals surface area contributed by atoms with Gasteiger partial charge in [-0.2, -0.15) is 13.2 Å². The number of nitrogens with zero attached hydrogens (tertiary/aromatic N) is 1. The Morgan fingerprint density at radius 3 is 2.50 bits per heavy atom. The topological polar surface area (TPSA) is 92.0 Å². The zero-order valence-corrected chi connectivity index (χ0v) is 9.85. The van der Waals surface area contributed by atoms with Crippen LogP contribution in [0.3, 0.4) is 0 Å². The Morgan fingerprint density at radius 1 is 1.20 bits per heavy atom. The zero-order chi connectivity index (χ0) is 14.9. The predicted molar refractivity (Wildman–Crippen MR) is 63.3 cm³/mol. The van der Waals surface area contributed by atoms with Crippen molar-refractivity contribution in [3.63, 3.8) is 0 Å². The first kappa shape index (κ1) is 13.8. The molecule has 0 amide bonds. The van der Waals surface area contributed by atoms with Crippen LogP contribution in [0, 0.1) is 0 Å². The van der Waals surface area contributed by atoms with Gasteiger partial charge in [-0.15, -0.1) is 0 Å². The molecule has 8 heteroatoms. The SMILES string of the molecule is NC(=NO)c1ccc(-c2cc(O)cc(C(F)(F)F)c2)o1. The van der Waals surface area contributed by atoms with Crippen LogP contribution in [0.5, 0.6) is 5.75 Å². The van der Waals surface area contributed by atoms with Crippen molar-refractivity contribution in [1.29, 1.82) is 0 Å². The molecule has 20 heavy (non-hydrogen) atoms. The number of benzene rings is 1. The van der Waals surface area contributed by atoms with E-state index in [-0.39, 0.29) is 22.9 Å². The predicted octanol–water partition coefficient (Wildman–Crippen LogP) is 2.77. The first-order valence-electron chi connectivity index (χ1n) is 5.30. The smallest absolute Gasteiger partial charge is 0.416 e. The van der Waals surface area contributed by atoms with Gasteiger partial charge in [0.05, 0.1) is 5.56 Å². The van der Waals surface area contributed by atoms with Gasteiger partial charge in [-0.05, 0) is 30.3 Å². The Kier molecular flexibility index (Phi) is 3.31. The summed E-state index contributed by atoms with van der Waals surface area (Å²) in [6, 6.07) is 5.24. The lowest BCUT2D eigenvalue weighted by molar-refractivity contribution is -0.137. The molecule has 0 aliphatic heterocycles. The number of halogens is 3. The van der Waals surface area contributed by atoms with Gasteiger partial charge in [0.2, 0.25) is 5.84 Å². The Morgan fingerprint density at radius 2 is 1.90 bits per heavy atom. The van der Waals surface area contributed by atoms with Crippen LogP contribution in [-0.4, -0.2) is 16.1 Å². The summed E-state index contributed by atoms with van der Waals surface area (Å²) < 4.78 is 43.1. The molecule has 1 aromatic carbocycles. The second kappa shape index (κ2) is 4.80. The van der Waals surface area contributed by atoms with E-state index in [0.29, 0.717) is 6.07 Å². The van der Waals surface area contributed by atoms with Crippen molar-refractivity contribution in [2.75, 3.05) is 0 Å². The third-order valence-electron chi connectivity index (χ3n) is 2.50. The summed E-state index contributed by atoms with van der Waals surface area (Å²) >= 11 is 0. The van der Waals surface area contributed by atoms with Gasteiger partial charge in [0, 0.05) is 5.56 Å². The second-order valence-corrected chi connectivity index (χ2v) is 3.92. The lowest BCUT2D eigenvalue weighted by Crippen LogP contribution is -2.11. The molecule has 0 fully saturated rings. The van der Waals surface area contributed by atoms with Crippen molar-refractivity contribution in [3.05, 3.63) is 41.7 Å². The summed E-state index contributed by atoms with van der Waals surface area (Å²) in [5.74, 6) is -0.809. The van der Waals surface area contributed by atoms with Crippen LogP contribution in [0.1, 0.15) is 11.3 Å². The fraction of sp³-hybridized carbons (Fsp3) is 0.0833.